The van der Waals surface area contributed by atoms with Crippen LogP contribution in [0, 0.1) is 6.57 Å². The highest BCUT2D eigenvalue weighted by Crippen LogP contribution is 2.43. The molecule has 0 bridgehead atoms. The molecule has 0 amide bonds. The Hall–Kier alpha value is -0.280. The fourth-order valence-corrected chi connectivity index (χ4v) is 3.14. The molecule has 0 aromatic heterocycles. The molecule has 0 aliphatic carbocycles. The summed E-state index contributed by atoms with van der Waals surface area (Å²) in [4.78, 5) is 2.50. The van der Waals surface area contributed by atoms with Gasteiger partial charge in [0.15, 0.2) is 0 Å². The molecule has 1 aliphatic rings. The first-order valence-electron chi connectivity index (χ1n) is 3.00. The number of halogens is 3. The minimum Gasteiger partial charge on any atom is -0.231 e. The molecule has 0 saturated carbocycles. The Balaban J connectivity index is 2.95. The van der Waals surface area contributed by atoms with Crippen LogP contribution in [0.5, 0.6) is 0 Å². The molecule has 1 saturated heterocycles. The van der Waals surface area contributed by atoms with Crippen molar-refractivity contribution in [2.45, 2.75) is 6.18 Å². The standard InChI is InChI=1S/C6H4F3NS2/c1-10-4(6(7,8)9)5-11-2-3-12-5/h2-3H2. The van der Waals surface area contributed by atoms with Gasteiger partial charge in [0.2, 0.25) is 0 Å². The molecule has 66 valence electrons. The molecule has 1 heterocycles. The van der Waals surface area contributed by atoms with Gasteiger partial charge in [-0.25, -0.2) is 4.85 Å². The molecule has 1 rings (SSSR count). The van der Waals surface area contributed by atoms with Crippen molar-refractivity contribution < 1.29 is 13.2 Å². The third-order valence-corrected chi connectivity index (χ3v) is 3.82. The van der Waals surface area contributed by atoms with Crippen LogP contribution in [0.15, 0.2) is 9.93 Å². The van der Waals surface area contributed by atoms with E-state index in [1.165, 1.54) is 0 Å². The largest absolute Gasteiger partial charge is 0.421 e. The highest BCUT2D eigenvalue weighted by Gasteiger charge is 2.38. The summed E-state index contributed by atoms with van der Waals surface area (Å²) in [6, 6.07) is 0. The van der Waals surface area contributed by atoms with Gasteiger partial charge in [0, 0.05) is 11.5 Å². The van der Waals surface area contributed by atoms with Gasteiger partial charge in [0.1, 0.15) is 0 Å². The Morgan fingerprint density at radius 3 is 2.17 bits per heavy atom. The molecular weight excluding hydrogens is 207 g/mol. The summed E-state index contributed by atoms with van der Waals surface area (Å²) < 4.78 is 36.3. The van der Waals surface area contributed by atoms with Crippen LogP contribution in [0.1, 0.15) is 0 Å². The van der Waals surface area contributed by atoms with E-state index >= 15 is 0 Å². The van der Waals surface area contributed by atoms with Gasteiger partial charge in [0.05, 0.1) is 10.8 Å². The van der Waals surface area contributed by atoms with E-state index in [-0.39, 0.29) is 4.24 Å². The number of hydrogen-bond acceptors (Lipinski definition) is 2. The van der Waals surface area contributed by atoms with Crippen molar-refractivity contribution >= 4 is 23.5 Å². The van der Waals surface area contributed by atoms with Crippen LogP contribution in [0.25, 0.3) is 4.85 Å². The second-order valence-corrected chi connectivity index (χ2v) is 4.41. The van der Waals surface area contributed by atoms with Crippen LogP contribution in [0.3, 0.4) is 0 Å². The van der Waals surface area contributed by atoms with Crippen molar-refractivity contribution in [3.05, 3.63) is 21.4 Å². The van der Waals surface area contributed by atoms with Gasteiger partial charge in [-0.3, -0.25) is 0 Å². The van der Waals surface area contributed by atoms with Crippen LogP contribution in [-0.2, 0) is 0 Å². The maximum atomic E-state index is 12.1. The molecule has 0 N–H and O–H groups in total. The van der Waals surface area contributed by atoms with E-state index < -0.39 is 11.9 Å². The monoisotopic (exact) mass is 211 g/mol. The lowest BCUT2D eigenvalue weighted by Crippen LogP contribution is -2.09. The minimum absolute atomic E-state index is 0.123. The van der Waals surface area contributed by atoms with E-state index in [4.69, 9.17) is 6.57 Å². The second-order valence-electron chi connectivity index (χ2n) is 1.94. The number of allylic oxidation sites excluding steroid dienone is 1. The minimum atomic E-state index is -4.48. The molecule has 1 nitrogen and oxygen atoms in total. The maximum Gasteiger partial charge on any atom is 0.421 e. The number of alkyl halides is 3. The van der Waals surface area contributed by atoms with Crippen molar-refractivity contribution in [1.29, 1.82) is 0 Å². The lowest BCUT2D eigenvalue weighted by atomic mass is 10.5. The van der Waals surface area contributed by atoms with Gasteiger partial charge in [-0.15, -0.1) is 23.5 Å². The summed E-state index contributed by atoms with van der Waals surface area (Å²) >= 11 is 2.22. The quantitative estimate of drug-likeness (QED) is 0.567. The van der Waals surface area contributed by atoms with Crippen LogP contribution in [0.4, 0.5) is 13.2 Å². The zero-order valence-corrected chi connectivity index (χ0v) is 7.44. The Bertz CT molecular complexity index is 242. The van der Waals surface area contributed by atoms with Gasteiger partial charge in [-0.2, -0.15) is 13.2 Å². The highest BCUT2D eigenvalue weighted by molar-refractivity contribution is 8.25. The van der Waals surface area contributed by atoms with Crippen LogP contribution >= 0.6 is 23.5 Å². The van der Waals surface area contributed by atoms with Crippen LogP contribution in [0.2, 0.25) is 0 Å². The average molecular weight is 211 g/mol. The third kappa shape index (κ3) is 2.11. The van der Waals surface area contributed by atoms with E-state index in [2.05, 4.69) is 4.85 Å². The van der Waals surface area contributed by atoms with E-state index in [1.807, 2.05) is 0 Å². The smallest absolute Gasteiger partial charge is 0.231 e. The highest BCUT2D eigenvalue weighted by atomic mass is 32.2. The Kier molecular flexibility index (Phi) is 2.96. The summed E-state index contributed by atoms with van der Waals surface area (Å²) in [5.41, 5.74) is -1.06. The molecule has 12 heavy (non-hydrogen) atoms. The molecule has 0 aromatic rings. The van der Waals surface area contributed by atoms with Crippen molar-refractivity contribution in [3.63, 3.8) is 0 Å². The molecule has 0 spiro atoms. The van der Waals surface area contributed by atoms with Crippen LogP contribution in [-0.4, -0.2) is 17.7 Å². The molecule has 6 heteroatoms. The van der Waals surface area contributed by atoms with Gasteiger partial charge >= 0.3 is 6.18 Å². The predicted octanol–water partition coefficient (Wildman–Crippen LogP) is 3.12. The normalized spacial score (nSPS) is 17.7. The topological polar surface area (TPSA) is 4.36 Å². The molecule has 0 atom stereocenters. The summed E-state index contributed by atoms with van der Waals surface area (Å²) in [5.74, 6) is 1.32. The SMILES string of the molecule is [C-]#[N+]C(=C1SCCS1)C(F)(F)F. The Morgan fingerprint density at radius 2 is 1.83 bits per heavy atom. The van der Waals surface area contributed by atoms with Crippen LogP contribution < -0.4 is 0 Å². The number of nitrogens with zero attached hydrogens (tertiary/aromatic N) is 1. The lowest BCUT2D eigenvalue weighted by Gasteiger charge is -2.05. The Labute approximate surface area is 76.2 Å². The lowest BCUT2D eigenvalue weighted by molar-refractivity contribution is -0.0884. The first-order valence-corrected chi connectivity index (χ1v) is 4.97. The van der Waals surface area contributed by atoms with Gasteiger partial charge < -0.3 is 0 Å². The van der Waals surface area contributed by atoms with Crippen molar-refractivity contribution in [2.24, 2.45) is 0 Å². The molecule has 0 unspecified atom stereocenters. The maximum absolute atomic E-state index is 12.1. The second kappa shape index (κ2) is 3.62. The van der Waals surface area contributed by atoms with Crippen molar-refractivity contribution in [1.82, 2.24) is 0 Å². The first kappa shape index (κ1) is 9.81. The van der Waals surface area contributed by atoms with Crippen molar-refractivity contribution in [3.8, 4) is 0 Å². The summed E-state index contributed by atoms with van der Waals surface area (Å²) in [6.07, 6.45) is -4.48. The number of hydrogen-bond donors (Lipinski definition) is 0. The zero-order chi connectivity index (χ0) is 9.19. The van der Waals surface area contributed by atoms with E-state index in [0.717, 1.165) is 23.5 Å². The fraction of sp³-hybridized carbons (Fsp3) is 0.500. The molecule has 0 aromatic carbocycles. The summed E-state index contributed by atoms with van der Waals surface area (Å²) in [6.45, 7) is 6.40. The third-order valence-electron chi connectivity index (χ3n) is 1.12. The van der Waals surface area contributed by atoms with Gasteiger partial charge in [-0.05, 0) is 0 Å². The summed E-state index contributed by atoms with van der Waals surface area (Å²) in [5, 5.41) is 0. The molecule has 1 aliphatic heterocycles. The van der Waals surface area contributed by atoms with E-state index in [0.29, 0.717) is 11.5 Å². The van der Waals surface area contributed by atoms with Crippen molar-refractivity contribution in [2.75, 3.05) is 11.5 Å². The zero-order valence-electron chi connectivity index (χ0n) is 5.81. The molecular formula is C6H4F3NS2. The van der Waals surface area contributed by atoms with E-state index in [9.17, 15) is 13.2 Å². The Morgan fingerprint density at radius 1 is 1.33 bits per heavy atom. The van der Waals surface area contributed by atoms with Gasteiger partial charge in [-0.1, -0.05) is 0 Å². The van der Waals surface area contributed by atoms with E-state index in [1.54, 1.807) is 0 Å². The fourth-order valence-electron chi connectivity index (χ4n) is 0.672. The predicted molar refractivity (Wildman–Crippen MR) is 44.6 cm³/mol. The first-order chi connectivity index (χ1) is 5.55. The summed E-state index contributed by atoms with van der Waals surface area (Å²) in [7, 11) is 0. The molecule has 1 fully saturated rings. The van der Waals surface area contributed by atoms with Gasteiger partial charge in [0.25, 0.3) is 5.70 Å². The number of thioether (sulfide) groups is 2. The average Bonchev–Trinajstić information content (AvgIpc) is 2.38. The number of rotatable bonds is 0. The molecule has 0 radical (unpaired) electrons.